The third-order valence-electron chi connectivity index (χ3n) is 5.64. The molecule has 0 aliphatic carbocycles. The molecule has 35 heavy (non-hydrogen) atoms. The van der Waals surface area contributed by atoms with Crippen molar-refractivity contribution in [2.45, 2.75) is 37.8 Å². The van der Waals surface area contributed by atoms with Gasteiger partial charge in [0.05, 0.1) is 34.4 Å². The lowest BCUT2D eigenvalue weighted by Gasteiger charge is -2.16. The molecule has 2 aromatic carbocycles. The molecule has 1 amide bonds. The molecule has 1 atom stereocenters. The first kappa shape index (κ1) is 25.7. The quantitative estimate of drug-likeness (QED) is 0.286. The molecule has 10 nitrogen and oxygen atoms in total. The normalized spacial score (nSPS) is 12.1. The van der Waals surface area contributed by atoms with Crippen LogP contribution in [0.4, 0.5) is 0 Å². The highest BCUT2D eigenvalue weighted by molar-refractivity contribution is 7.91. The first-order chi connectivity index (χ1) is 16.7. The van der Waals surface area contributed by atoms with Crippen LogP contribution in [0.3, 0.4) is 0 Å². The number of carbonyl (C=O) groups is 1. The molecule has 1 unspecified atom stereocenters. The van der Waals surface area contributed by atoms with Crippen LogP contribution in [-0.4, -0.2) is 39.5 Å². The standard InChI is InChI=1S/C24H26N4O6S/c1-2-3-12-27-15-22(29)28(24(27)31)14-20(23(30)26-32)16-35(33,34)21-10-8-19(9-11-21)18-6-4-17(13-25)5-7-18/h4-11,15,20,29,32H,2-3,12,14,16H2,1H3,(H,26,30). The molecule has 11 heteroatoms. The summed E-state index contributed by atoms with van der Waals surface area (Å²) in [6.45, 7) is 1.89. The van der Waals surface area contributed by atoms with Crippen LogP contribution in [0.15, 0.2) is 64.4 Å². The third-order valence-corrected chi connectivity index (χ3v) is 7.47. The van der Waals surface area contributed by atoms with Crippen molar-refractivity contribution in [1.82, 2.24) is 14.6 Å². The van der Waals surface area contributed by atoms with Gasteiger partial charge in [0.1, 0.15) is 0 Å². The summed E-state index contributed by atoms with van der Waals surface area (Å²) >= 11 is 0. The van der Waals surface area contributed by atoms with E-state index in [2.05, 4.69) is 0 Å². The van der Waals surface area contributed by atoms with Crippen molar-refractivity contribution in [3.63, 3.8) is 0 Å². The van der Waals surface area contributed by atoms with E-state index in [9.17, 15) is 23.1 Å². The van der Waals surface area contributed by atoms with Gasteiger partial charge in [-0.2, -0.15) is 5.26 Å². The molecule has 0 fully saturated rings. The van der Waals surface area contributed by atoms with Crippen LogP contribution >= 0.6 is 0 Å². The van der Waals surface area contributed by atoms with Crippen molar-refractivity contribution in [2.24, 2.45) is 5.92 Å². The summed E-state index contributed by atoms with van der Waals surface area (Å²) in [7, 11) is -4.00. The van der Waals surface area contributed by atoms with E-state index in [1.807, 2.05) is 13.0 Å². The molecular formula is C24H26N4O6S. The van der Waals surface area contributed by atoms with E-state index in [-0.39, 0.29) is 4.90 Å². The van der Waals surface area contributed by atoms with Crippen molar-refractivity contribution in [2.75, 3.05) is 5.75 Å². The van der Waals surface area contributed by atoms with Gasteiger partial charge in [-0.1, -0.05) is 37.6 Å². The number of imidazole rings is 1. The number of carbonyl (C=O) groups excluding carboxylic acids is 1. The number of aromatic hydroxyl groups is 1. The van der Waals surface area contributed by atoms with Gasteiger partial charge >= 0.3 is 5.69 Å². The van der Waals surface area contributed by atoms with Crippen molar-refractivity contribution in [3.05, 3.63) is 70.8 Å². The number of nitrogens with one attached hydrogen (secondary N) is 1. The first-order valence-electron chi connectivity index (χ1n) is 11.0. The molecule has 1 heterocycles. The van der Waals surface area contributed by atoms with Gasteiger partial charge in [0, 0.05) is 13.1 Å². The molecule has 184 valence electrons. The number of aryl methyl sites for hydroxylation is 1. The lowest BCUT2D eigenvalue weighted by molar-refractivity contribution is -0.133. The highest BCUT2D eigenvalue weighted by Crippen LogP contribution is 2.24. The van der Waals surface area contributed by atoms with Crippen LogP contribution in [0, 0.1) is 17.2 Å². The van der Waals surface area contributed by atoms with Gasteiger partial charge in [-0.3, -0.25) is 19.1 Å². The SMILES string of the molecule is CCCCn1cc(O)n(CC(CS(=O)(=O)c2ccc(-c3ccc(C#N)cc3)cc2)C(=O)NO)c1=O. The van der Waals surface area contributed by atoms with E-state index in [0.29, 0.717) is 18.5 Å². The molecule has 0 saturated carbocycles. The number of amides is 1. The number of benzene rings is 2. The monoisotopic (exact) mass is 498 g/mol. The number of hydrogen-bond donors (Lipinski definition) is 3. The van der Waals surface area contributed by atoms with E-state index in [1.165, 1.54) is 28.4 Å². The lowest BCUT2D eigenvalue weighted by Crippen LogP contribution is -2.38. The number of nitriles is 1. The lowest BCUT2D eigenvalue weighted by atomic mass is 10.0. The Hall–Kier alpha value is -3.88. The van der Waals surface area contributed by atoms with Crippen LogP contribution in [0.25, 0.3) is 11.1 Å². The van der Waals surface area contributed by atoms with Crippen LogP contribution < -0.4 is 11.2 Å². The van der Waals surface area contributed by atoms with Gasteiger partial charge in [-0.15, -0.1) is 0 Å². The zero-order valence-electron chi connectivity index (χ0n) is 19.1. The fourth-order valence-electron chi connectivity index (χ4n) is 3.65. The van der Waals surface area contributed by atoms with Crippen molar-refractivity contribution < 1.29 is 23.5 Å². The van der Waals surface area contributed by atoms with Crippen molar-refractivity contribution >= 4 is 15.7 Å². The molecular weight excluding hydrogens is 472 g/mol. The van der Waals surface area contributed by atoms with Gasteiger partial charge in [0.2, 0.25) is 11.8 Å². The Labute approximate surface area is 202 Å². The Bertz CT molecular complexity index is 1380. The number of hydrogen-bond acceptors (Lipinski definition) is 7. The number of sulfone groups is 1. The highest BCUT2D eigenvalue weighted by atomic mass is 32.2. The average Bonchev–Trinajstić information content (AvgIpc) is 3.14. The first-order valence-corrected chi connectivity index (χ1v) is 12.6. The Morgan fingerprint density at radius 1 is 1.11 bits per heavy atom. The third kappa shape index (κ3) is 5.98. The minimum Gasteiger partial charge on any atom is -0.493 e. The Kier molecular flexibility index (Phi) is 8.11. The minimum absolute atomic E-state index is 0.0391. The number of nitrogens with zero attached hydrogens (tertiary/aromatic N) is 3. The van der Waals surface area contributed by atoms with Crippen LogP contribution in [0.5, 0.6) is 5.88 Å². The van der Waals surface area contributed by atoms with Gasteiger partial charge < -0.3 is 5.11 Å². The summed E-state index contributed by atoms with van der Waals surface area (Å²) in [6, 6.07) is 14.9. The molecule has 0 saturated heterocycles. The molecule has 3 aromatic rings. The smallest absolute Gasteiger partial charge is 0.331 e. The molecule has 0 bridgehead atoms. The summed E-state index contributed by atoms with van der Waals surface area (Å²) in [6.07, 6.45) is 2.77. The van der Waals surface area contributed by atoms with E-state index >= 15 is 0 Å². The molecule has 0 aliphatic rings. The molecule has 0 radical (unpaired) electrons. The van der Waals surface area contributed by atoms with Crippen LogP contribution in [0.2, 0.25) is 0 Å². The zero-order chi connectivity index (χ0) is 25.6. The summed E-state index contributed by atoms with van der Waals surface area (Å²) < 4.78 is 28.3. The Morgan fingerprint density at radius 3 is 2.26 bits per heavy atom. The maximum atomic E-state index is 13.0. The van der Waals surface area contributed by atoms with E-state index in [4.69, 9.17) is 10.5 Å². The summed E-state index contributed by atoms with van der Waals surface area (Å²) in [5, 5.41) is 28.2. The number of aromatic nitrogens is 2. The Balaban J connectivity index is 1.83. The Morgan fingerprint density at radius 2 is 1.71 bits per heavy atom. The average molecular weight is 499 g/mol. The molecule has 3 N–H and O–H groups in total. The molecule has 1 aromatic heterocycles. The second-order valence-corrected chi connectivity index (χ2v) is 10.1. The number of unbranched alkanes of at least 4 members (excludes halogenated alkanes) is 1. The predicted molar refractivity (Wildman–Crippen MR) is 127 cm³/mol. The minimum atomic E-state index is -4.00. The van der Waals surface area contributed by atoms with Crippen molar-refractivity contribution in [1.29, 1.82) is 5.26 Å². The maximum absolute atomic E-state index is 13.0. The summed E-state index contributed by atoms with van der Waals surface area (Å²) in [4.78, 5) is 24.8. The van der Waals surface area contributed by atoms with E-state index in [0.717, 1.165) is 22.1 Å². The topological polar surface area (TPSA) is 154 Å². The predicted octanol–water partition coefficient (Wildman–Crippen LogP) is 2.29. The molecule has 3 rings (SSSR count). The fourth-order valence-corrected chi connectivity index (χ4v) is 5.18. The summed E-state index contributed by atoms with van der Waals surface area (Å²) in [5.74, 6) is -3.42. The second-order valence-electron chi connectivity index (χ2n) is 8.10. The maximum Gasteiger partial charge on any atom is 0.331 e. The van der Waals surface area contributed by atoms with Gasteiger partial charge in [0.15, 0.2) is 9.84 Å². The van der Waals surface area contributed by atoms with Gasteiger partial charge in [-0.05, 0) is 41.8 Å². The fraction of sp³-hybridized carbons (Fsp3) is 0.292. The molecule has 0 spiro atoms. The van der Waals surface area contributed by atoms with Gasteiger partial charge in [0.25, 0.3) is 0 Å². The van der Waals surface area contributed by atoms with E-state index in [1.54, 1.807) is 36.4 Å². The number of rotatable bonds is 10. The largest absolute Gasteiger partial charge is 0.493 e. The zero-order valence-corrected chi connectivity index (χ0v) is 19.9. The van der Waals surface area contributed by atoms with Crippen LogP contribution in [0.1, 0.15) is 25.3 Å². The van der Waals surface area contributed by atoms with Crippen molar-refractivity contribution in [3.8, 4) is 23.1 Å². The summed E-state index contributed by atoms with van der Waals surface area (Å²) in [5.41, 5.74) is 2.92. The van der Waals surface area contributed by atoms with Crippen LogP contribution in [-0.2, 0) is 27.7 Å². The van der Waals surface area contributed by atoms with E-state index < -0.39 is 45.5 Å². The highest BCUT2D eigenvalue weighted by Gasteiger charge is 2.29. The van der Waals surface area contributed by atoms with Gasteiger partial charge in [-0.25, -0.2) is 18.7 Å². The number of hydroxylamine groups is 1. The molecule has 0 aliphatic heterocycles. The second kappa shape index (κ2) is 11.0.